The molecule has 5 rings (SSSR count). The van der Waals surface area contributed by atoms with Crippen molar-refractivity contribution in [3.8, 4) is 0 Å². The van der Waals surface area contributed by atoms with Gasteiger partial charge in [-0.1, -0.05) is 79.3 Å². The van der Waals surface area contributed by atoms with Gasteiger partial charge in [-0.3, -0.25) is 4.79 Å². The lowest BCUT2D eigenvalue weighted by Gasteiger charge is -2.21. The summed E-state index contributed by atoms with van der Waals surface area (Å²) in [7, 11) is 0. The summed E-state index contributed by atoms with van der Waals surface area (Å²) < 4.78 is 5.94. The molecule has 2 aliphatic rings. The van der Waals surface area contributed by atoms with Crippen LogP contribution >= 0.6 is 0 Å². The average molecular weight is 368 g/mol. The number of carbonyl (C=O) groups is 1. The number of hydrogen-bond acceptors (Lipinski definition) is 2. The molecule has 0 unspecified atom stereocenters. The fraction of sp³-hybridized carbons (Fsp3) is 0.269. The predicted octanol–water partition coefficient (Wildman–Crippen LogP) is 6.19. The number of benzene rings is 3. The molecule has 0 radical (unpaired) electrons. The van der Waals surface area contributed by atoms with Crippen molar-refractivity contribution >= 4 is 27.5 Å². The molecule has 3 aromatic rings. The minimum Gasteiger partial charge on any atom is -0.460 e. The number of carbonyl (C=O) groups excluding carboxylic acids is 1. The molecule has 3 aromatic carbocycles. The van der Waals surface area contributed by atoms with E-state index >= 15 is 0 Å². The first-order chi connectivity index (χ1) is 13.8. The standard InChI is InChI=1S/C26H24O2/c1-2-7-23-19-12-13-20(15-19)25(23)26(27)28-16-24-21-10-5-3-8-17(21)14-18-9-4-6-11-22(18)24/h3-14,19-20,25H,2,15-16H2,1H3/b23-7+/t19-,20+,25+/m1/s1. The number of esters is 1. The topological polar surface area (TPSA) is 26.3 Å². The predicted molar refractivity (Wildman–Crippen MR) is 114 cm³/mol. The number of hydrogen-bond donors (Lipinski definition) is 0. The second-order valence-corrected chi connectivity index (χ2v) is 7.89. The maximum Gasteiger partial charge on any atom is 0.314 e. The Morgan fingerprint density at radius 3 is 2.39 bits per heavy atom. The van der Waals surface area contributed by atoms with Crippen LogP contribution in [0.1, 0.15) is 25.3 Å². The quantitative estimate of drug-likeness (QED) is 0.311. The van der Waals surface area contributed by atoms with E-state index in [1.165, 1.54) is 16.3 Å². The summed E-state index contributed by atoms with van der Waals surface area (Å²) >= 11 is 0. The smallest absolute Gasteiger partial charge is 0.314 e. The molecule has 0 aromatic heterocycles. The Hall–Kier alpha value is -2.87. The second kappa shape index (κ2) is 6.94. The number of rotatable bonds is 4. The Balaban J connectivity index is 1.48. The van der Waals surface area contributed by atoms with Crippen LogP contribution in [0.15, 0.2) is 78.4 Å². The zero-order chi connectivity index (χ0) is 19.1. The van der Waals surface area contributed by atoms with Gasteiger partial charge in [-0.15, -0.1) is 0 Å². The largest absolute Gasteiger partial charge is 0.460 e. The first kappa shape index (κ1) is 17.2. The van der Waals surface area contributed by atoms with Crippen molar-refractivity contribution in [1.82, 2.24) is 0 Å². The minimum absolute atomic E-state index is 0.0754. The molecule has 2 nitrogen and oxygen atoms in total. The molecule has 1 fully saturated rings. The van der Waals surface area contributed by atoms with Crippen LogP contribution in [0.2, 0.25) is 0 Å². The zero-order valence-corrected chi connectivity index (χ0v) is 16.1. The van der Waals surface area contributed by atoms with Gasteiger partial charge in [0.2, 0.25) is 0 Å². The second-order valence-electron chi connectivity index (χ2n) is 7.89. The molecule has 0 amide bonds. The van der Waals surface area contributed by atoms with E-state index in [9.17, 15) is 4.79 Å². The van der Waals surface area contributed by atoms with E-state index in [1.807, 2.05) is 12.1 Å². The lowest BCUT2D eigenvalue weighted by Crippen LogP contribution is -2.23. The summed E-state index contributed by atoms with van der Waals surface area (Å²) in [6, 6.07) is 18.9. The van der Waals surface area contributed by atoms with Gasteiger partial charge < -0.3 is 4.74 Å². The monoisotopic (exact) mass is 368 g/mol. The van der Waals surface area contributed by atoms with Crippen LogP contribution in [0.25, 0.3) is 21.5 Å². The van der Waals surface area contributed by atoms with E-state index in [-0.39, 0.29) is 11.9 Å². The van der Waals surface area contributed by atoms with Gasteiger partial charge in [0.05, 0.1) is 5.92 Å². The Bertz CT molecular complexity index is 1070. The van der Waals surface area contributed by atoms with E-state index < -0.39 is 0 Å². The van der Waals surface area contributed by atoms with Crippen LogP contribution < -0.4 is 0 Å². The molecule has 1 saturated carbocycles. The fourth-order valence-electron chi connectivity index (χ4n) is 5.02. The lowest BCUT2D eigenvalue weighted by atomic mass is 9.88. The molecule has 2 heteroatoms. The number of allylic oxidation sites excluding steroid dienone is 3. The Morgan fingerprint density at radius 2 is 1.71 bits per heavy atom. The average Bonchev–Trinajstić information content (AvgIpc) is 3.33. The van der Waals surface area contributed by atoms with Gasteiger partial charge >= 0.3 is 5.97 Å². The molecule has 140 valence electrons. The normalized spacial score (nSPS) is 24.5. The maximum absolute atomic E-state index is 13.1. The third kappa shape index (κ3) is 2.75. The molecule has 28 heavy (non-hydrogen) atoms. The summed E-state index contributed by atoms with van der Waals surface area (Å²) in [4.78, 5) is 13.1. The maximum atomic E-state index is 13.1. The van der Waals surface area contributed by atoms with Crippen molar-refractivity contribution in [1.29, 1.82) is 0 Å². The van der Waals surface area contributed by atoms with Crippen LogP contribution in [0.3, 0.4) is 0 Å². The summed E-state index contributed by atoms with van der Waals surface area (Å²) in [6.45, 7) is 2.45. The highest BCUT2D eigenvalue weighted by Gasteiger charge is 2.44. The molecule has 0 aliphatic heterocycles. The van der Waals surface area contributed by atoms with Gasteiger partial charge in [0, 0.05) is 5.56 Å². The van der Waals surface area contributed by atoms with Crippen LogP contribution in [0.4, 0.5) is 0 Å². The van der Waals surface area contributed by atoms with E-state index in [0.717, 1.165) is 29.2 Å². The molecule has 0 heterocycles. The summed E-state index contributed by atoms with van der Waals surface area (Å²) in [5.41, 5.74) is 2.37. The van der Waals surface area contributed by atoms with Crippen molar-refractivity contribution in [2.24, 2.45) is 17.8 Å². The number of fused-ring (bicyclic) bond motifs is 4. The summed E-state index contributed by atoms with van der Waals surface area (Å²) in [5.74, 6) is 0.560. The van der Waals surface area contributed by atoms with Crippen LogP contribution in [-0.4, -0.2) is 5.97 Å². The van der Waals surface area contributed by atoms with Gasteiger partial charge in [0.1, 0.15) is 6.61 Å². The molecular formula is C26H24O2. The van der Waals surface area contributed by atoms with Crippen LogP contribution in [0.5, 0.6) is 0 Å². The first-order valence-electron chi connectivity index (χ1n) is 10.2. The van der Waals surface area contributed by atoms with Crippen molar-refractivity contribution in [3.63, 3.8) is 0 Å². The zero-order valence-electron chi connectivity index (χ0n) is 16.1. The molecule has 2 bridgehead atoms. The van der Waals surface area contributed by atoms with Crippen LogP contribution in [0, 0.1) is 17.8 Å². The molecule has 0 spiro atoms. The highest BCUT2D eigenvalue weighted by atomic mass is 16.5. The van der Waals surface area contributed by atoms with Crippen LogP contribution in [-0.2, 0) is 16.1 Å². The molecule has 2 aliphatic carbocycles. The number of ether oxygens (including phenoxy) is 1. The molecule has 3 atom stereocenters. The van der Waals surface area contributed by atoms with E-state index in [1.54, 1.807) is 0 Å². The first-order valence-corrected chi connectivity index (χ1v) is 10.2. The van der Waals surface area contributed by atoms with Crippen molar-refractivity contribution < 1.29 is 9.53 Å². The SMILES string of the molecule is CC/C=C1\[C@@H]2C=C[C@@H](C2)[C@@H]1C(=O)OCc1c2ccccc2cc2ccccc12. The fourth-order valence-corrected chi connectivity index (χ4v) is 5.02. The summed E-state index contributed by atoms with van der Waals surface area (Å²) in [5, 5.41) is 4.68. The lowest BCUT2D eigenvalue weighted by molar-refractivity contribution is -0.149. The van der Waals surface area contributed by atoms with Crippen molar-refractivity contribution in [2.45, 2.75) is 26.4 Å². The highest BCUT2D eigenvalue weighted by Crippen LogP contribution is 2.48. The Kier molecular flexibility index (Phi) is 4.27. The molecular weight excluding hydrogens is 344 g/mol. The Labute approximate surface area is 165 Å². The third-order valence-corrected chi connectivity index (χ3v) is 6.27. The van der Waals surface area contributed by atoms with Gasteiger partial charge in [0.15, 0.2) is 0 Å². The van der Waals surface area contributed by atoms with E-state index in [0.29, 0.717) is 18.4 Å². The van der Waals surface area contributed by atoms with E-state index in [2.05, 4.69) is 67.6 Å². The highest BCUT2D eigenvalue weighted by molar-refractivity contribution is 6.02. The minimum atomic E-state index is -0.101. The van der Waals surface area contributed by atoms with Crippen molar-refractivity contribution in [2.75, 3.05) is 0 Å². The van der Waals surface area contributed by atoms with Gasteiger partial charge in [0.25, 0.3) is 0 Å². The Morgan fingerprint density at radius 1 is 1.04 bits per heavy atom. The van der Waals surface area contributed by atoms with Gasteiger partial charge in [-0.05, 0) is 52.3 Å². The molecule has 0 saturated heterocycles. The van der Waals surface area contributed by atoms with Gasteiger partial charge in [-0.25, -0.2) is 0 Å². The van der Waals surface area contributed by atoms with Gasteiger partial charge in [-0.2, -0.15) is 0 Å². The molecule has 0 N–H and O–H groups in total. The third-order valence-electron chi connectivity index (χ3n) is 6.27. The van der Waals surface area contributed by atoms with Crippen molar-refractivity contribution in [3.05, 3.63) is 84.0 Å². The van der Waals surface area contributed by atoms with E-state index in [4.69, 9.17) is 4.74 Å². The summed E-state index contributed by atoms with van der Waals surface area (Å²) in [6.07, 6.45) is 8.71.